The summed E-state index contributed by atoms with van der Waals surface area (Å²) in [4.78, 5) is 24.5. The van der Waals surface area contributed by atoms with Gasteiger partial charge in [0.1, 0.15) is 0 Å². The Labute approximate surface area is 136 Å². The van der Waals surface area contributed by atoms with Gasteiger partial charge in [-0.15, -0.1) is 0 Å². The third-order valence-corrected chi connectivity index (χ3v) is 3.72. The molecule has 0 atom stereocenters. The molecule has 130 valence electrons. The van der Waals surface area contributed by atoms with Crippen LogP contribution in [-0.4, -0.2) is 49.9 Å². The molecule has 0 saturated heterocycles. The van der Waals surface area contributed by atoms with Crippen LogP contribution in [0.2, 0.25) is 0 Å². The molecular weight excluding hydrogens is 278 g/mol. The van der Waals surface area contributed by atoms with Crippen LogP contribution in [0.15, 0.2) is 0 Å². The lowest BCUT2D eigenvalue weighted by Gasteiger charge is -2.16. The van der Waals surface area contributed by atoms with Gasteiger partial charge in [-0.3, -0.25) is 9.59 Å². The van der Waals surface area contributed by atoms with Crippen molar-refractivity contribution < 1.29 is 9.59 Å². The third-order valence-electron chi connectivity index (χ3n) is 3.72. The van der Waals surface area contributed by atoms with Gasteiger partial charge in [0.15, 0.2) is 0 Å². The van der Waals surface area contributed by atoms with E-state index in [-0.39, 0.29) is 11.8 Å². The zero-order chi connectivity index (χ0) is 16.6. The molecule has 0 aliphatic rings. The normalized spacial score (nSPS) is 10.7. The fourth-order valence-electron chi connectivity index (χ4n) is 2.18. The maximum atomic E-state index is 11.1. The van der Waals surface area contributed by atoms with Crippen molar-refractivity contribution >= 4 is 11.8 Å². The highest BCUT2D eigenvalue weighted by atomic mass is 16.2. The van der Waals surface area contributed by atoms with Gasteiger partial charge in [-0.2, -0.15) is 0 Å². The molecule has 0 bridgehead atoms. The number of hydrogen-bond donors (Lipinski definition) is 2. The SMILES string of the molecule is CCC(=O)NCCCCCN(C)CCCCCNC(=O)CC. The maximum Gasteiger partial charge on any atom is 0.219 e. The molecule has 0 aliphatic heterocycles. The molecule has 5 heteroatoms. The first kappa shape index (κ1) is 20.9. The van der Waals surface area contributed by atoms with Crippen molar-refractivity contribution in [3.05, 3.63) is 0 Å². The van der Waals surface area contributed by atoms with Crippen molar-refractivity contribution in [2.24, 2.45) is 0 Å². The molecule has 22 heavy (non-hydrogen) atoms. The van der Waals surface area contributed by atoms with Crippen LogP contribution in [0.3, 0.4) is 0 Å². The van der Waals surface area contributed by atoms with Crippen molar-refractivity contribution in [3.8, 4) is 0 Å². The fourth-order valence-corrected chi connectivity index (χ4v) is 2.18. The lowest BCUT2D eigenvalue weighted by atomic mass is 10.2. The molecule has 2 N–H and O–H groups in total. The molecule has 0 radical (unpaired) electrons. The van der Waals surface area contributed by atoms with Crippen LogP contribution in [0, 0.1) is 0 Å². The van der Waals surface area contributed by atoms with Gasteiger partial charge in [-0.25, -0.2) is 0 Å². The first-order chi connectivity index (χ1) is 10.6. The van der Waals surface area contributed by atoms with E-state index in [2.05, 4.69) is 22.6 Å². The summed E-state index contributed by atoms with van der Waals surface area (Å²) in [7, 11) is 2.16. The Bertz CT molecular complexity index is 268. The molecule has 0 rings (SSSR count). The number of rotatable bonds is 14. The Morgan fingerprint density at radius 2 is 1.14 bits per heavy atom. The second kappa shape index (κ2) is 14.8. The maximum absolute atomic E-state index is 11.1. The number of unbranched alkanes of at least 4 members (excludes halogenated alkanes) is 4. The molecular formula is C17H35N3O2. The van der Waals surface area contributed by atoms with E-state index < -0.39 is 0 Å². The lowest BCUT2D eigenvalue weighted by molar-refractivity contribution is -0.121. The highest BCUT2D eigenvalue weighted by Gasteiger charge is 2.00. The standard InChI is InChI=1S/C17H35N3O2/c1-4-16(21)18-12-8-6-10-14-20(3)15-11-7-9-13-19-17(22)5-2/h4-15H2,1-3H3,(H,18,21)(H,19,22). The van der Waals surface area contributed by atoms with E-state index in [9.17, 15) is 9.59 Å². The summed E-state index contributed by atoms with van der Waals surface area (Å²) < 4.78 is 0. The minimum Gasteiger partial charge on any atom is -0.356 e. The fraction of sp³-hybridized carbons (Fsp3) is 0.882. The molecule has 0 aromatic rings. The van der Waals surface area contributed by atoms with Crippen molar-refractivity contribution in [2.45, 2.75) is 65.2 Å². The van der Waals surface area contributed by atoms with Gasteiger partial charge in [0.2, 0.25) is 11.8 Å². The minimum absolute atomic E-state index is 0.146. The number of hydrogen-bond acceptors (Lipinski definition) is 3. The van der Waals surface area contributed by atoms with E-state index in [1.165, 1.54) is 12.8 Å². The van der Waals surface area contributed by atoms with Gasteiger partial charge in [-0.1, -0.05) is 26.7 Å². The third kappa shape index (κ3) is 13.9. The number of amides is 2. The van der Waals surface area contributed by atoms with Gasteiger partial charge < -0.3 is 15.5 Å². The van der Waals surface area contributed by atoms with Gasteiger partial charge >= 0.3 is 0 Å². The zero-order valence-electron chi connectivity index (χ0n) is 14.7. The van der Waals surface area contributed by atoms with Gasteiger partial charge in [-0.05, 0) is 45.8 Å². The smallest absolute Gasteiger partial charge is 0.219 e. The summed E-state index contributed by atoms with van der Waals surface area (Å²) in [6.45, 7) is 7.60. The van der Waals surface area contributed by atoms with Gasteiger partial charge in [0.25, 0.3) is 0 Å². The Balaban J connectivity index is 3.27. The average molecular weight is 313 g/mol. The molecule has 0 spiro atoms. The summed E-state index contributed by atoms with van der Waals surface area (Å²) in [5, 5.41) is 5.81. The van der Waals surface area contributed by atoms with Crippen LogP contribution in [0.25, 0.3) is 0 Å². The van der Waals surface area contributed by atoms with Gasteiger partial charge in [0.05, 0.1) is 0 Å². The Morgan fingerprint density at radius 3 is 1.50 bits per heavy atom. The van der Waals surface area contributed by atoms with Gasteiger partial charge in [0, 0.05) is 25.9 Å². The molecule has 0 fully saturated rings. The van der Waals surface area contributed by atoms with E-state index in [0.717, 1.165) is 51.9 Å². The van der Waals surface area contributed by atoms with Crippen molar-refractivity contribution in [3.63, 3.8) is 0 Å². The van der Waals surface area contributed by atoms with Crippen LogP contribution in [-0.2, 0) is 9.59 Å². The van der Waals surface area contributed by atoms with Crippen LogP contribution in [0.4, 0.5) is 0 Å². The number of carbonyl (C=O) groups excluding carboxylic acids is 2. The first-order valence-electron chi connectivity index (χ1n) is 8.82. The van der Waals surface area contributed by atoms with Crippen LogP contribution in [0.5, 0.6) is 0 Å². The monoisotopic (exact) mass is 313 g/mol. The van der Waals surface area contributed by atoms with Crippen LogP contribution >= 0.6 is 0 Å². The number of carbonyl (C=O) groups is 2. The van der Waals surface area contributed by atoms with E-state index in [4.69, 9.17) is 0 Å². The Kier molecular flexibility index (Phi) is 14.1. The van der Waals surface area contributed by atoms with E-state index in [1.807, 2.05) is 13.8 Å². The highest BCUT2D eigenvalue weighted by Crippen LogP contribution is 2.00. The van der Waals surface area contributed by atoms with E-state index >= 15 is 0 Å². The van der Waals surface area contributed by atoms with Crippen LogP contribution in [0.1, 0.15) is 65.2 Å². The zero-order valence-corrected chi connectivity index (χ0v) is 14.7. The summed E-state index contributed by atoms with van der Waals surface area (Å²) in [6, 6.07) is 0. The second-order valence-electron chi connectivity index (χ2n) is 5.83. The predicted octanol–water partition coefficient (Wildman–Crippen LogP) is 2.31. The largest absolute Gasteiger partial charge is 0.356 e. The molecule has 2 amide bonds. The summed E-state index contributed by atoms with van der Waals surface area (Å²) in [5.74, 6) is 0.291. The quantitative estimate of drug-likeness (QED) is 0.484. The molecule has 0 heterocycles. The van der Waals surface area contributed by atoms with Crippen LogP contribution < -0.4 is 10.6 Å². The van der Waals surface area contributed by atoms with E-state index in [1.54, 1.807) is 0 Å². The predicted molar refractivity (Wildman–Crippen MR) is 91.8 cm³/mol. The molecule has 0 aliphatic carbocycles. The first-order valence-corrected chi connectivity index (χ1v) is 8.82. The lowest BCUT2D eigenvalue weighted by Crippen LogP contribution is -2.24. The highest BCUT2D eigenvalue weighted by molar-refractivity contribution is 5.75. The minimum atomic E-state index is 0.146. The summed E-state index contributed by atoms with van der Waals surface area (Å²) in [5.41, 5.74) is 0. The molecule has 0 saturated carbocycles. The topological polar surface area (TPSA) is 61.4 Å². The molecule has 0 unspecified atom stereocenters. The van der Waals surface area contributed by atoms with Crippen molar-refractivity contribution in [1.82, 2.24) is 15.5 Å². The summed E-state index contributed by atoms with van der Waals surface area (Å²) in [6.07, 6.45) is 7.98. The number of nitrogens with one attached hydrogen (secondary N) is 2. The Hall–Kier alpha value is -1.10. The molecule has 5 nitrogen and oxygen atoms in total. The Morgan fingerprint density at radius 1 is 0.727 bits per heavy atom. The average Bonchev–Trinajstić information content (AvgIpc) is 2.53. The van der Waals surface area contributed by atoms with Crippen molar-refractivity contribution in [1.29, 1.82) is 0 Å². The second-order valence-corrected chi connectivity index (χ2v) is 5.83. The summed E-state index contributed by atoms with van der Waals surface area (Å²) >= 11 is 0. The van der Waals surface area contributed by atoms with E-state index in [0.29, 0.717) is 12.8 Å². The molecule has 0 aromatic carbocycles. The van der Waals surface area contributed by atoms with Crippen molar-refractivity contribution in [2.75, 3.05) is 33.2 Å². The number of nitrogens with zero attached hydrogens (tertiary/aromatic N) is 1. The molecule has 0 aromatic heterocycles.